The molecule has 0 bridgehead atoms. The Morgan fingerprint density at radius 2 is 1.73 bits per heavy atom. The summed E-state index contributed by atoms with van der Waals surface area (Å²) in [6.07, 6.45) is -0.366. The van der Waals surface area contributed by atoms with Crippen LogP contribution in [0.15, 0.2) is 48.5 Å². The lowest BCUT2D eigenvalue weighted by atomic mass is 10.1. The van der Waals surface area contributed by atoms with Gasteiger partial charge in [0.1, 0.15) is 12.6 Å². The van der Waals surface area contributed by atoms with Crippen molar-refractivity contribution in [2.45, 2.75) is 57.4 Å². The molecule has 7 nitrogen and oxygen atoms in total. The third-order valence-electron chi connectivity index (χ3n) is 6.29. The quantitative estimate of drug-likeness (QED) is 0.486. The van der Waals surface area contributed by atoms with Gasteiger partial charge in [-0.1, -0.05) is 54.8 Å². The minimum atomic E-state index is -4.83. The van der Waals surface area contributed by atoms with Gasteiger partial charge in [0.15, 0.2) is 0 Å². The van der Waals surface area contributed by atoms with E-state index in [0.717, 1.165) is 44.1 Å². The van der Waals surface area contributed by atoms with Crippen LogP contribution >= 0.6 is 11.6 Å². The van der Waals surface area contributed by atoms with Gasteiger partial charge in [-0.3, -0.25) is 13.9 Å². The van der Waals surface area contributed by atoms with Gasteiger partial charge in [0, 0.05) is 12.6 Å². The van der Waals surface area contributed by atoms with Crippen molar-refractivity contribution >= 4 is 39.1 Å². The summed E-state index contributed by atoms with van der Waals surface area (Å²) in [5.41, 5.74) is -0.887. The molecule has 1 N–H and O–H groups in total. The zero-order chi connectivity index (χ0) is 27.4. The number of carbonyl (C=O) groups excluding carboxylic acids is 2. The van der Waals surface area contributed by atoms with Gasteiger partial charge in [-0.2, -0.15) is 13.2 Å². The number of amides is 2. The second-order valence-electron chi connectivity index (χ2n) is 9.10. The Bertz CT molecular complexity index is 1220. The molecule has 2 amide bonds. The highest BCUT2D eigenvalue weighted by Crippen LogP contribution is 2.37. The Balaban J connectivity index is 1.92. The highest BCUT2D eigenvalue weighted by atomic mass is 35.5. The van der Waals surface area contributed by atoms with Crippen molar-refractivity contribution in [3.63, 3.8) is 0 Å². The van der Waals surface area contributed by atoms with E-state index in [0.29, 0.717) is 15.9 Å². The molecule has 202 valence electrons. The molecule has 1 fully saturated rings. The fourth-order valence-electron chi connectivity index (χ4n) is 4.25. The summed E-state index contributed by atoms with van der Waals surface area (Å²) in [4.78, 5) is 27.7. The largest absolute Gasteiger partial charge is 0.417 e. The van der Waals surface area contributed by atoms with Gasteiger partial charge in [0.25, 0.3) is 0 Å². The smallest absolute Gasteiger partial charge is 0.352 e. The summed E-state index contributed by atoms with van der Waals surface area (Å²) < 4.78 is 66.0. The molecule has 0 aliphatic heterocycles. The van der Waals surface area contributed by atoms with Crippen LogP contribution in [-0.4, -0.2) is 50.0 Å². The van der Waals surface area contributed by atoms with Crippen LogP contribution in [0.1, 0.15) is 43.7 Å². The van der Waals surface area contributed by atoms with Crippen LogP contribution in [0.3, 0.4) is 0 Å². The maximum atomic E-state index is 13.5. The number of anilines is 1. The van der Waals surface area contributed by atoms with Gasteiger partial charge in [0.05, 0.1) is 22.5 Å². The number of carbonyl (C=O) groups is 2. The first-order chi connectivity index (χ1) is 17.3. The molecule has 1 atom stereocenters. The number of rotatable bonds is 9. The highest BCUT2D eigenvalue weighted by Gasteiger charge is 2.36. The van der Waals surface area contributed by atoms with Crippen molar-refractivity contribution in [2.24, 2.45) is 0 Å². The monoisotopic (exact) mass is 559 g/mol. The van der Waals surface area contributed by atoms with Crippen LogP contribution in [0.25, 0.3) is 0 Å². The highest BCUT2D eigenvalue weighted by molar-refractivity contribution is 7.92. The number of benzene rings is 2. The molecule has 0 saturated heterocycles. The van der Waals surface area contributed by atoms with E-state index in [9.17, 15) is 31.2 Å². The number of sulfonamides is 1. The first-order valence-corrected chi connectivity index (χ1v) is 14.0. The molecular formula is C25H29ClF3N3O4S. The zero-order valence-corrected chi connectivity index (χ0v) is 22.0. The van der Waals surface area contributed by atoms with Crippen LogP contribution in [0.5, 0.6) is 0 Å². The molecule has 0 unspecified atom stereocenters. The van der Waals surface area contributed by atoms with Gasteiger partial charge < -0.3 is 10.2 Å². The molecule has 1 saturated carbocycles. The van der Waals surface area contributed by atoms with Crippen molar-refractivity contribution in [3.05, 3.63) is 64.7 Å². The van der Waals surface area contributed by atoms with Crippen molar-refractivity contribution in [3.8, 4) is 0 Å². The lowest BCUT2D eigenvalue weighted by Gasteiger charge is -2.32. The molecule has 2 aromatic carbocycles. The van der Waals surface area contributed by atoms with E-state index in [1.165, 1.54) is 4.90 Å². The lowest BCUT2D eigenvalue weighted by Crippen LogP contribution is -2.52. The van der Waals surface area contributed by atoms with Crippen molar-refractivity contribution < 1.29 is 31.2 Å². The maximum Gasteiger partial charge on any atom is 0.417 e. The molecule has 1 aliphatic carbocycles. The fourth-order valence-corrected chi connectivity index (χ4v) is 5.32. The first-order valence-electron chi connectivity index (χ1n) is 11.8. The fraction of sp³-hybridized carbons (Fsp3) is 0.440. The minimum absolute atomic E-state index is 0.00491. The van der Waals surface area contributed by atoms with E-state index in [4.69, 9.17) is 11.6 Å². The molecule has 3 rings (SSSR count). The number of hydrogen-bond acceptors (Lipinski definition) is 4. The molecule has 1 aliphatic rings. The molecule has 37 heavy (non-hydrogen) atoms. The summed E-state index contributed by atoms with van der Waals surface area (Å²) in [5.74, 6) is -1.13. The molecule has 12 heteroatoms. The van der Waals surface area contributed by atoms with Gasteiger partial charge in [-0.05, 0) is 43.5 Å². The summed E-state index contributed by atoms with van der Waals surface area (Å²) in [5, 5.41) is 2.34. The summed E-state index contributed by atoms with van der Waals surface area (Å²) in [7, 11) is -4.18. The number of nitrogens with zero attached hydrogens (tertiary/aromatic N) is 2. The molecular weight excluding hydrogens is 531 g/mol. The summed E-state index contributed by atoms with van der Waals surface area (Å²) in [6.45, 7) is 0.747. The van der Waals surface area contributed by atoms with Gasteiger partial charge >= 0.3 is 6.18 Å². The minimum Gasteiger partial charge on any atom is -0.352 e. The van der Waals surface area contributed by atoms with Crippen LogP contribution in [-0.2, 0) is 32.3 Å². The van der Waals surface area contributed by atoms with Crippen LogP contribution in [0.2, 0.25) is 5.02 Å². The van der Waals surface area contributed by atoms with Gasteiger partial charge in [0.2, 0.25) is 21.8 Å². The SMILES string of the molecule is C[C@H](C(=O)NC1CCCC1)N(Cc1ccccc1)C(=O)CN(c1ccc(Cl)c(C(F)(F)F)c1)S(C)(=O)=O. The zero-order valence-electron chi connectivity index (χ0n) is 20.5. The van der Waals surface area contributed by atoms with E-state index < -0.39 is 45.3 Å². The topological polar surface area (TPSA) is 86.8 Å². The van der Waals surface area contributed by atoms with E-state index >= 15 is 0 Å². The van der Waals surface area contributed by atoms with Crippen molar-refractivity contribution in [1.29, 1.82) is 0 Å². The average Bonchev–Trinajstić information content (AvgIpc) is 3.33. The molecule has 0 spiro atoms. The van der Waals surface area contributed by atoms with Gasteiger partial charge in [-0.15, -0.1) is 0 Å². The Labute approximate surface area is 219 Å². The second kappa shape index (κ2) is 11.7. The van der Waals surface area contributed by atoms with E-state index in [1.807, 2.05) is 0 Å². The van der Waals surface area contributed by atoms with E-state index in [2.05, 4.69) is 5.32 Å². The Morgan fingerprint density at radius 1 is 1.11 bits per heavy atom. The third kappa shape index (κ3) is 7.61. The lowest BCUT2D eigenvalue weighted by molar-refractivity contribution is -0.139. The number of hydrogen-bond donors (Lipinski definition) is 1. The van der Waals surface area contributed by atoms with Gasteiger partial charge in [-0.25, -0.2) is 8.42 Å². The van der Waals surface area contributed by atoms with Crippen LogP contribution in [0, 0.1) is 0 Å². The standard InChI is InChI=1S/C25H29ClF3N3O4S/c1-17(24(34)30-19-10-6-7-11-19)31(15-18-8-4-3-5-9-18)23(33)16-32(37(2,35)36)20-12-13-22(26)21(14-20)25(27,28)29/h3-5,8-9,12-14,17,19H,6-7,10-11,15-16H2,1-2H3,(H,30,34)/t17-/m1/s1. The maximum absolute atomic E-state index is 13.5. The second-order valence-corrected chi connectivity index (χ2v) is 11.4. The molecule has 0 heterocycles. The molecule has 0 aromatic heterocycles. The van der Waals surface area contributed by atoms with Crippen molar-refractivity contribution in [1.82, 2.24) is 10.2 Å². The Hall–Kier alpha value is -2.79. The van der Waals surface area contributed by atoms with Crippen molar-refractivity contribution in [2.75, 3.05) is 17.1 Å². The number of halogens is 4. The van der Waals surface area contributed by atoms with Crippen LogP contribution in [0.4, 0.5) is 18.9 Å². The summed E-state index contributed by atoms with van der Waals surface area (Å²) in [6, 6.07) is 10.5. The number of nitrogens with one attached hydrogen (secondary N) is 1. The first kappa shape index (κ1) is 28.8. The molecule has 0 radical (unpaired) electrons. The summed E-state index contributed by atoms with van der Waals surface area (Å²) >= 11 is 5.68. The predicted octanol–water partition coefficient (Wildman–Crippen LogP) is 4.60. The Morgan fingerprint density at radius 3 is 2.30 bits per heavy atom. The van der Waals surface area contributed by atoms with E-state index in [-0.39, 0.29) is 24.2 Å². The third-order valence-corrected chi connectivity index (χ3v) is 7.76. The average molecular weight is 560 g/mol. The van der Waals surface area contributed by atoms with E-state index in [1.54, 1.807) is 37.3 Å². The molecule has 2 aromatic rings. The number of alkyl halides is 3. The normalized spacial score (nSPS) is 15.3. The Kier molecular flexibility index (Phi) is 9.12. The predicted molar refractivity (Wildman–Crippen MR) is 135 cm³/mol. The van der Waals surface area contributed by atoms with Crippen LogP contribution < -0.4 is 9.62 Å².